The fourth-order valence-electron chi connectivity index (χ4n) is 5.15. The first-order valence-electron chi connectivity index (χ1n) is 6.44. The second-order valence-corrected chi connectivity index (χ2v) is 6.33. The Morgan fingerprint density at radius 1 is 1.25 bits per heavy atom. The van der Waals surface area contributed by atoms with Crippen molar-refractivity contribution in [3.63, 3.8) is 0 Å². The van der Waals surface area contributed by atoms with Gasteiger partial charge in [0.2, 0.25) is 0 Å². The summed E-state index contributed by atoms with van der Waals surface area (Å²) in [6.45, 7) is 1.79. The van der Waals surface area contributed by atoms with E-state index in [4.69, 9.17) is 0 Å². The van der Waals surface area contributed by atoms with Crippen LogP contribution in [0.15, 0.2) is 0 Å². The highest BCUT2D eigenvalue weighted by Gasteiger charge is 2.61. The minimum absolute atomic E-state index is 0.291. The van der Waals surface area contributed by atoms with E-state index in [9.17, 15) is 15.0 Å². The van der Waals surface area contributed by atoms with Crippen molar-refractivity contribution >= 4 is 5.97 Å². The number of carboxylic acids is 1. The molecule has 2 N–H and O–H groups in total. The molecule has 0 aromatic heterocycles. The fraction of sp³-hybridized carbons (Fsp3) is 0.923. The summed E-state index contributed by atoms with van der Waals surface area (Å²) in [5.41, 5.74) is -0.305. The lowest BCUT2D eigenvalue weighted by atomic mass is 9.44. The van der Waals surface area contributed by atoms with Gasteiger partial charge < -0.3 is 10.2 Å². The van der Waals surface area contributed by atoms with Gasteiger partial charge in [-0.2, -0.15) is 0 Å². The Balaban J connectivity index is 2.01. The minimum Gasteiger partial charge on any atom is -0.481 e. The fourth-order valence-corrected chi connectivity index (χ4v) is 5.15. The molecule has 0 spiro atoms. The van der Waals surface area contributed by atoms with Crippen LogP contribution < -0.4 is 0 Å². The van der Waals surface area contributed by atoms with Crippen LogP contribution in [0.5, 0.6) is 0 Å². The van der Waals surface area contributed by atoms with Crippen LogP contribution in [0.3, 0.4) is 0 Å². The van der Waals surface area contributed by atoms with Gasteiger partial charge in [0.1, 0.15) is 0 Å². The van der Waals surface area contributed by atoms with Crippen molar-refractivity contribution in [2.75, 3.05) is 0 Å². The quantitative estimate of drug-likeness (QED) is 0.753. The lowest BCUT2D eigenvalue weighted by Gasteiger charge is -2.61. The number of carboxylic acid groups (broad SMARTS) is 1. The average Bonchev–Trinajstić information content (AvgIpc) is 2.14. The van der Waals surface area contributed by atoms with Crippen molar-refractivity contribution in [2.45, 2.75) is 45.1 Å². The van der Waals surface area contributed by atoms with E-state index in [0.717, 1.165) is 25.7 Å². The topological polar surface area (TPSA) is 57.5 Å². The molecular formula is C13H20O3. The number of aliphatic hydroxyl groups is 1. The van der Waals surface area contributed by atoms with Crippen LogP contribution >= 0.6 is 0 Å². The molecule has 4 saturated carbocycles. The van der Waals surface area contributed by atoms with E-state index >= 15 is 0 Å². The van der Waals surface area contributed by atoms with E-state index in [1.54, 1.807) is 6.92 Å². The van der Waals surface area contributed by atoms with E-state index < -0.39 is 12.1 Å². The molecule has 4 unspecified atom stereocenters. The van der Waals surface area contributed by atoms with Crippen molar-refractivity contribution < 1.29 is 15.0 Å². The molecule has 3 nitrogen and oxygen atoms in total. The van der Waals surface area contributed by atoms with E-state index in [1.165, 1.54) is 6.42 Å². The van der Waals surface area contributed by atoms with Crippen LogP contribution in [0.4, 0.5) is 0 Å². The molecule has 0 heterocycles. The summed E-state index contributed by atoms with van der Waals surface area (Å²) in [6.07, 6.45) is 4.85. The van der Waals surface area contributed by atoms with Crippen molar-refractivity contribution in [1.29, 1.82) is 0 Å². The maximum absolute atomic E-state index is 11.5. The molecule has 0 saturated heterocycles. The summed E-state index contributed by atoms with van der Waals surface area (Å²) in [4.78, 5) is 11.5. The standard InChI is InChI=1S/C13H20O3/c1-7(14)13-5-8-2-9(6-13)4-10(3-8)11(13)12(15)16/h7-11,14H,2-6H2,1H3,(H,15,16). The van der Waals surface area contributed by atoms with Gasteiger partial charge in [0.15, 0.2) is 0 Å². The molecule has 0 aromatic carbocycles. The molecule has 16 heavy (non-hydrogen) atoms. The molecule has 0 aliphatic heterocycles. The number of hydrogen-bond acceptors (Lipinski definition) is 2. The molecule has 4 bridgehead atoms. The third kappa shape index (κ3) is 1.21. The van der Waals surface area contributed by atoms with Crippen molar-refractivity contribution in [3.8, 4) is 0 Å². The van der Waals surface area contributed by atoms with Crippen molar-refractivity contribution in [2.24, 2.45) is 29.1 Å². The first-order valence-corrected chi connectivity index (χ1v) is 6.44. The zero-order valence-electron chi connectivity index (χ0n) is 9.72. The second kappa shape index (κ2) is 3.22. The Morgan fingerprint density at radius 2 is 1.81 bits per heavy atom. The zero-order chi connectivity index (χ0) is 11.5. The third-order valence-electron chi connectivity index (χ3n) is 5.47. The van der Waals surface area contributed by atoms with Gasteiger partial charge in [0.25, 0.3) is 0 Å². The minimum atomic E-state index is -0.676. The van der Waals surface area contributed by atoms with Gasteiger partial charge in [-0.05, 0) is 56.8 Å². The molecule has 4 rings (SSSR count). The summed E-state index contributed by atoms with van der Waals surface area (Å²) in [6, 6.07) is 0. The highest BCUT2D eigenvalue weighted by molar-refractivity contribution is 5.72. The Morgan fingerprint density at radius 3 is 2.25 bits per heavy atom. The zero-order valence-corrected chi connectivity index (χ0v) is 9.72. The van der Waals surface area contributed by atoms with Gasteiger partial charge in [-0.15, -0.1) is 0 Å². The Kier molecular flexibility index (Phi) is 2.13. The van der Waals surface area contributed by atoms with E-state index in [-0.39, 0.29) is 11.3 Å². The van der Waals surface area contributed by atoms with Crippen LogP contribution in [-0.2, 0) is 4.79 Å². The monoisotopic (exact) mass is 224 g/mol. The number of carbonyl (C=O) groups is 1. The average molecular weight is 224 g/mol. The normalized spacial score (nSPS) is 51.6. The Hall–Kier alpha value is -0.570. The molecule has 0 amide bonds. The smallest absolute Gasteiger partial charge is 0.307 e. The number of rotatable bonds is 2. The summed E-state index contributed by atoms with van der Waals surface area (Å²) in [7, 11) is 0. The van der Waals surface area contributed by atoms with Gasteiger partial charge >= 0.3 is 5.97 Å². The summed E-state index contributed by atoms with van der Waals surface area (Å²) >= 11 is 0. The maximum Gasteiger partial charge on any atom is 0.307 e. The summed E-state index contributed by atoms with van der Waals surface area (Å²) < 4.78 is 0. The molecule has 4 atom stereocenters. The molecule has 0 radical (unpaired) electrons. The Bertz CT molecular complexity index is 309. The molecule has 4 fully saturated rings. The second-order valence-electron chi connectivity index (χ2n) is 6.33. The van der Waals surface area contributed by atoms with Crippen LogP contribution in [0, 0.1) is 29.1 Å². The number of hydrogen-bond donors (Lipinski definition) is 2. The SMILES string of the molecule is CC(O)C12CC3CC(CC(C3)C1C(=O)O)C2. The van der Waals surface area contributed by atoms with Gasteiger partial charge in [0.05, 0.1) is 12.0 Å². The van der Waals surface area contributed by atoms with Gasteiger partial charge in [-0.25, -0.2) is 0 Å². The summed E-state index contributed by atoms with van der Waals surface area (Å²) in [5.74, 6) is 0.730. The number of aliphatic hydroxyl groups excluding tert-OH is 1. The van der Waals surface area contributed by atoms with E-state index in [1.807, 2.05) is 0 Å². The van der Waals surface area contributed by atoms with Crippen LogP contribution in [-0.4, -0.2) is 22.3 Å². The predicted molar refractivity (Wildman–Crippen MR) is 58.8 cm³/mol. The molecule has 0 aromatic rings. The van der Waals surface area contributed by atoms with Crippen LogP contribution in [0.1, 0.15) is 39.0 Å². The lowest BCUT2D eigenvalue weighted by Crippen LogP contribution is -2.59. The molecule has 4 aliphatic rings. The highest BCUT2D eigenvalue weighted by Crippen LogP contribution is 2.64. The van der Waals surface area contributed by atoms with Crippen molar-refractivity contribution in [1.82, 2.24) is 0 Å². The molecule has 4 aliphatic carbocycles. The lowest BCUT2D eigenvalue weighted by molar-refractivity contribution is -0.188. The largest absolute Gasteiger partial charge is 0.481 e. The number of aliphatic carboxylic acids is 1. The molecule has 90 valence electrons. The van der Waals surface area contributed by atoms with Crippen molar-refractivity contribution in [3.05, 3.63) is 0 Å². The highest BCUT2D eigenvalue weighted by atomic mass is 16.4. The Labute approximate surface area is 95.9 Å². The van der Waals surface area contributed by atoms with Crippen LogP contribution in [0.25, 0.3) is 0 Å². The van der Waals surface area contributed by atoms with E-state index in [2.05, 4.69) is 0 Å². The third-order valence-corrected chi connectivity index (χ3v) is 5.47. The van der Waals surface area contributed by atoms with Gasteiger partial charge in [0, 0.05) is 5.41 Å². The van der Waals surface area contributed by atoms with Crippen LogP contribution in [0.2, 0.25) is 0 Å². The van der Waals surface area contributed by atoms with Gasteiger partial charge in [-0.3, -0.25) is 4.79 Å². The molecule has 3 heteroatoms. The maximum atomic E-state index is 11.5. The first-order chi connectivity index (χ1) is 7.53. The summed E-state index contributed by atoms with van der Waals surface area (Å²) in [5, 5.41) is 19.5. The first kappa shape index (κ1) is 10.6. The molecular weight excluding hydrogens is 204 g/mol. The van der Waals surface area contributed by atoms with E-state index in [0.29, 0.717) is 17.8 Å². The predicted octanol–water partition coefficient (Wildman–Crippen LogP) is 1.89. The van der Waals surface area contributed by atoms with Gasteiger partial charge in [-0.1, -0.05) is 0 Å².